The molecule has 144 valence electrons. The van der Waals surface area contributed by atoms with Crippen LogP contribution in [0.1, 0.15) is 21.5 Å². The number of benzene rings is 3. The maximum atomic E-state index is 14.0. The number of aryl methyl sites for hydroxylation is 2. The number of hydrogen-bond acceptors (Lipinski definition) is 2. The molecule has 28 heavy (non-hydrogen) atoms. The molecule has 2 N–H and O–H groups in total. The molecule has 0 spiro atoms. The first kappa shape index (κ1) is 20.1. The van der Waals surface area contributed by atoms with Crippen LogP contribution in [0.25, 0.3) is 0 Å². The molecule has 0 heterocycles. The summed E-state index contributed by atoms with van der Waals surface area (Å²) in [4.78, 5) is 11.2. The highest BCUT2D eigenvalue weighted by molar-refractivity contribution is 6.42. The number of anilines is 2. The molecule has 0 aliphatic carbocycles. The molecule has 0 unspecified atom stereocenters. The molecule has 0 fully saturated rings. The molecule has 3 aromatic carbocycles. The maximum absolute atomic E-state index is 14.0. The van der Waals surface area contributed by atoms with Crippen molar-refractivity contribution in [2.45, 2.75) is 12.8 Å². The fraction of sp³-hybridized carbons (Fsp3) is 0.0952. The molecule has 3 nitrogen and oxygen atoms in total. The molecule has 0 atom stereocenters. The van der Waals surface area contributed by atoms with Gasteiger partial charge >= 0.3 is 5.97 Å². The number of nitrogens with one attached hydrogen (secondary N) is 1. The van der Waals surface area contributed by atoms with Crippen LogP contribution in [0, 0.1) is 11.6 Å². The SMILES string of the molecule is O=C(O)c1cc(F)cc(F)c1Nc1ccc(CCc2ccc(Cl)c(Cl)c2)cc1. The van der Waals surface area contributed by atoms with Gasteiger partial charge in [-0.25, -0.2) is 13.6 Å². The molecule has 0 aliphatic rings. The van der Waals surface area contributed by atoms with Crippen LogP contribution in [0.15, 0.2) is 54.6 Å². The summed E-state index contributed by atoms with van der Waals surface area (Å²) in [5, 5.41) is 12.9. The Kier molecular flexibility index (Phi) is 6.17. The zero-order valence-electron chi connectivity index (χ0n) is 14.5. The third kappa shape index (κ3) is 4.80. The standard InChI is InChI=1S/C21H15Cl2F2NO2/c22-17-8-5-13(9-18(17)23)2-1-12-3-6-15(7-4-12)26-20-16(21(27)28)10-14(24)11-19(20)25/h3-11,26H,1-2H2,(H,27,28). The molecule has 0 saturated heterocycles. The van der Waals surface area contributed by atoms with Gasteiger partial charge in [0, 0.05) is 11.8 Å². The van der Waals surface area contributed by atoms with E-state index in [1.807, 2.05) is 24.3 Å². The van der Waals surface area contributed by atoms with Crippen LogP contribution in [-0.4, -0.2) is 11.1 Å². The first-order valence-electron chi connectivity index (χ1n) is 8.35. The number of rotatable bonds is 6. The predicted molar refractivity (Wildman–Crippen MR) is 107 cm³/mol. The first-order valence-corrected chi connectivity index (χ1v) is 9.11. The topological polar surface area (TPSA) is 49.3 Å². The summed E-state index contributed by atoms with van der Waals surface area (Å²) < 4.78 is 27.3. The van der Waals surface area contributed by atoms with Gasteiger partial charge in [0.1, 0.15) is 11.6 Å². The van der Waals surface area contributed by atoms with Gasteiger partial charge in [0.2, 0.25) is 0 Å². The number of carboxylic acids is 1. The van der Waals surface area contributed by atoms with Gasteiger partial charge in [-0.15, -0.1) is 0 Å². The van der Waals surface area contributed by atoms with E-state index in [1.165, 1.54) is 0 Å². The third-order valence-corrected chi connectivity index (χ3v) is 4.93. The fourth-order valence-corrected chi connectivity index (χ4v) is 3.07. The molecule has 0 aromatic heterocycles. The Balaban J connectivity index is 1.71. The third-order valence-electron chi connectivity index (χ3n) is 4.20. The van der Waals surface area contributed by atoms with E-state index in [1.54, 1.807) is 18.2 Å². The molecular weight excluding hydrogens is 407 g/mol. The summed E-state index contributed by atoms with van der Waals surface area (Å²) in [6.45, 7) is 0. The summed E-state index contributed by atoms with van der Waals surface area (Å²) in [6.07, 6.45) is 1.52. The van der Waals surface area contributed by atoms with Crippen molar-refractivity contribution < 1.29 is 18.7 Å². The number of carboxylic acid groups (broad SMARTS) is 1. The minimum Gasteiger partial charge on any atom is -0.478 e. The zero-order chi connectivity index (χ0) is 20.3. The van der Waals surface area contributed by atoms with Gasteiger partial charge in [0.05, 0.1) is 21.3 Å². The minimum atomic E-state index is -1.42. The van der Waals surface area contributed by atoms with Crippen LogP contribution < -0.4 is 5.32 Å². The van der Waals surface area contributed by atoms with Crippen molar-refractivity contribution >= 4 is 40.5 Å². The Morgan fingerprint density at radius 3 is 2.18 bits per heavy atom. The monoisotopic (exact) mass is 421 g/mol. The molecule has 0 bridgehead atoms. The van der Waals surface area contributed by atoms with E-state index in [0.29, 0.717) is 21.8 Å². The highest BCUT2D eigenvalue weighted by atomic mass is 35.5. The van der Waals surface area contributed by atoms with E-state index in [4.69, 9.17) is 28.3 Å². The van der Waals surface area contributed by atoms with E-state index in [2.05, 4.69) is 5.32 Å². The number of halogens is 4. The molecule has 0 saturated carbocycles. The number of carbonyl (C=O) groups is 1. The van der Waals surface area contributed by atoms with Crippen molar-refractivity contribution in [2.75, 3.05) is 5.32 Å². The van der Waals surface area contributed by atoms with Crippen LogP contribution in [0.5, 0.6) is 0 Å². The lowest BCUT2D eigenvalue weighted by atomic mass is 10.0. The molecule has 0 amide bonds. The van der Waals surface area contributed by atoms with Crippen LogP contribution in [0.3, 0.4) is 0 Å². The van der Waals surface area contributed by atoms with E-state index in [-0.39, 0.29) is 5.69 Å². The number of aromatic carboxylic acids is 1. The van der Waals surface area contributed by atoms with Crippen molar-refractivity contribution in [1.82, 2.24) is 0 Å². The van der Waals surface area contributed by atoms with Crippen LogP contribution >= 0.6 is 23.2 Å². The molecule has 0 aliphatic heterocycles. The normalized spacial score (nSPS) is 10.7. The summed E-state index contributed by atoms with van der Waals surface area (Å²) in [5.74, 6) is -3.33. The Hall–Kier alpha value is -2.63. The van der Waals surface area contributed by atoms with E-state index < -0.39 is 23.2 Å². The zero-order valence-corrected chi connectivity index (χ0v) is 16.0. The second kappa shape index (κ2) is 8.59. The van der Waals surface area contributed by atoms with Gasteiger partial charge in [-0.1, -0.05) is 41.4 Å². The second-order valence-electron chi connectivity index (χ2n) is 6.19. The van der Waals surface area contributed by atoms with Gasteiger partial charge in [-0.2, -0.15) is 0 Å². The molecular formula is C21H15Cl2F2NO2. The lowest BCUT2D eigenvalue weighted by Gasteiger charge is -2.12. The van der Waals surface area contributed by atoms with Gasteiger partial charge in [0.25, 0.3) is 0 Å². The Labute approximate surface area is 170 Å². The number of hydrogen-bond donors (Lipinski definition) is 2. The summed E-state index contributed by atoms with van der Waals surface area (Å²) in [6, 6.07) is 14.0. The van der Waals surface area contributed by atoms with Crippen molar-refractivity contribution in [3.8, 4) is 0 Å². The van der Waals surface area contributed by atoms with Crippen LogP contribution in [0.4, 0.5) is 20.2 Å². The van der Waals surface area contributed by atoms with Gasteiger partial charge < -0.3 is 10.4 Å². The van der Waals surface area contributed by atoms with Gasteiger partial charge in [-0.3, -0.25) is 0 Å². The maximum Gasteiger partial charge on any atom is 0.338 e. The highest BCUT2D eigenvalue weighted by Gasteiger charge is 2.17. The van der Waals surface area contributed by atoms with Gasteiger partial charge in [0.15, 0.2) is 0 Å². The van der Waals surface area contributed by atoms with E-state index in [9.17, 15) is 13.6 Å². The average Bonchev–Trinajstić information content (AvgIpc) is 2.65. The molecule has 0 radical (unpaired) electrons. The minimum absolute atomic E-state index is 0.280. The van der Waals surface area contributed by atoms with E-state index in [0.717, 1.165) is 30.0 Å². The van der Waals surface area contributed by atoms with Crippen LogP contribution in [0.2, 0.25) is 10.0 Å². The van der Waals surface area contributed by atoms with Crippen molar-refractivity contribution in [3.63, 3.8) is 0 Å². The Bertz CT molecular complexity index is 1020. The Morgan fingerprint density at radius 1 is 0.893 bits per heavy atom. The summed E-state index contributed by atoms with van der Waals surface area (Å²) in [7, 11) is 0. The first-order chi connectivity index (χ1) is 13.3. The predicted octanol–water partition coefficient (Wildman–Crippen LogP) is 6.50. The average molecular weight is 422 g/mol. The second-order valence-corrected chi connectivity index (χ2v) is 7.00. The van der Waals surface area contributed by atoms with Crippen molar-refractivity contribution in [3.05, 3.63) is 93.0 Å². The van der Waals surface area contributed by atoms with Crippen molar-refractivity contribution in [2.24, 2.45) is 0 Å². The summed E-state index contributed by atoms with van der Waals surface area (Å²) in [5.41, 5.74) is 1.83. The molecule has 3 aromatic rings. The molecule has 7 heteroatoms. The van der Waals surface area contributed by atoms with Crippen molar-refractivity contribution in [1.29, 1.82) is 0 Å². The molecule has 3 rings (SSSR count). The lowest BCUT2D eigenvalue weighted by molar-refractivity contribution is 0.0697. The van der Waals surface area contributed by atoms with Crippen LogP contribution in [-0.2, 0) is 12.8 Å². The van der Waals surface area contributed by atoms with Gasteiger partial charge in [-0.05, 0) is 54.3 Å². The largest absolute Gasteiger partial charge is 0.478 e. The fourth-order valence-electron chi connectivity index (χ4n) is 2.75. The summed E-state index contributed by atoms with van der Waals surface area (Å²) >= 11 is 11.9. The lowest BCUT2D eigenvalue weighted by Crippen LogP contribution is -2.06. The Morgan fingerprint density at radius 2 is 1.54 bits per heavy atom. The smallest absolute Gasteiger partial charge is 0.338 e. The highest BCUT2D eigenvalue weighted by Crippen LogP contribution is 2.27. The van der Waals surface area contributed by atoms with E-state index >= 15 is 0 Å². The quantitative estimate of drug-likeness (QED) is 0.477.